The van der Waals surface area contributed by atoms with Gasteiger partial charge in [-0.15, -0.1) is 0 Å². The number of hydrogen-bond donors (Lipinski definition) is 2. The summed E-state index contributed by atoms with van der Waals surface area (Å²) in [6.45, 7) is 0.790. The predicted molar refractivity (Wildman–Crippen MR) is 105 cm³/mol. The van der Waals surface area contributed by atoms with Crippen LogP contribution in [0.4, 0.5) is 4.79 Å². The molecule has 26 heavy (non-hydrogen) atoms. The topological polar surface area (TPSA) is 50.4 Å². The highest BCUT2D eigenvalue weighted by atomic mass is 35.5. The van der Waals surface area contributed by atoms with Gasteiger partial charge in [0.05, 0.1) is 0 Å². The molecule has 2 amide bonds. The predicted octanol–water partition coefficient (Wildman–Crippen LogP) is 4.68. The third-order valence-corrected chi connectivity index (χ3v) is 4.65. The zero-order chi connectivity index (χ0) is 18.4. The quantitative estimate of drug-likeness (QED) is 0.663. The van der Waals surface area contributed by atoms with Gasteiger partial charge in [0.25, 0.3) is 0 Å². The summed E-state index contributed by atoms with van der Waals surface area (Å²) in [7, 11) is 1.60. The number of urea groups is 1. The first-order valence-electron chi connectivity index (χ1n) is 8.44. The molecule has 4 nitrogen and oxygen atoms in total. The molecule has 0 spiro atoms. The maximum absolute atomic E-state index is 12.2. The normalized spacial score (nSPS) is 11.9. The van der Waals surface area contributed by atoms with Gasteiger partial charge < -0.3 is 15.4 Å². The number of fused-ring (bicyclic) bond motifs is 1. The molecule has 0 heterocycles. The molecule has 0 radical (unpaired) electrons. The Morgan fingerprint density at radius 2 is 1.73 bits per heavy atom. The number of benzene rings is 3. The van der Waals surface area contributed by atoms with Crippen molar-refractivity contribution in [3.05, 3.63) is 82.9 Å². The Morgan fingerprint density at radius 3 is 2.54 bits per heavy atom. The van der Waals surface area contributed by atoms with Gasteiger partial charge >= 0.3 is 6.03 Å². The van der Waals surface area contributed by atoms with Gasteiger partial charge in [0.15, 0.2) is 0 Å². The third-order valence-electron chi connectivity index (χ3n) is 4.30. The van der Waals surface area contributed by atoms with Crippen molar-refractivity contribution in [3.8, 4) is 0 Å². The second-order valence-corrected chi connectivity index (χ2v) is 6.35. The molecular weight excluding hydrogens is 348 g/mol. The summed E-state index contributed by atoms with van der Waals surface area (Å²) >= 11 is 6.20. The van der Waals surface area contributed by atoms with Gasteiger partial charge in [0.2, 0.25) is 0 Å². The van der Waals surface area contributed by atoms with E-state index >= 15 is 0 Å². The van der Waals surface area contributed by atoms with Crippen LogP contribution in [0.15, 0.2) is 66.7 Å². The van der Waals surface area contributed by atoms with Crippen LogP contribution in [0.2, 0.25) is 5.02 Å². The molecular formula is C21H21ClN2O2. The average Bonchev–Trinajstić information content (AvgIpc) is 2.68. The van der Waals surface area contributed by atoms with Crippen LogP contribution in [0.5, 0.6) is 0 Å². The molecule has 0 aliphatic carbocycles. The first-order chi connectivity index (χ1) is 12.7. The zero-order valence-corrected chi connectivity index (χ0v) is 15.3. The van der Waals surface area contributed by atoms with Gasteiger partial charge in [0.1, 0.15) is 6.10 Å². The molecule has 0 fully saturated rings. The largest absolute Gasteiger partial charge is 0.375 e. The second kappa shape index (κ2) is 8.70. The molecule has 3 aromatic rings. The van der Waals surface area contributed by atoms with Gasteiger partial charge in [-0.05, 0) is 22.4 Å². The molecule has 0 aliphatic rings. The highest BCUT2D eigenvalue weighted by Crippen LogP contribution is 2.24. The highest BCUT2D eigenvalue weighted by molar-refractivity contribution is 6.31. The third kappa shape index (κ3) is 4.34. The number of hydrogen-bond acceptors (Lipinski definition) is 2. The fourth-order valence-electron chi connectivity index (χ4n) is 2.93. The number of ether oxygens (including phenoxy) is 1. The first-order valence-corrected chi connectivity index (χ1v) is 8.82. The first kappa shape index (κ1) is 18.2. The standard InChI is InChI=1S/C21H21ClN2O2/c1-26-20(18-11-4-5-12-19(18)22)14-24-21(25)23-13-16-9-6-8-15-7-2-3-10-17(15)16/h2-12,20H,13-14H2,1H3,(H2,23,24,25). The van der Waals surface area contributed by atoms with Gasteiger partial charge in [-0.2, -0.15) is 0 Å². The Labute approximate surface area is 158 Å². The van der Waals surface area contributed by atoms with Gasteiger partial charge in [-0.1, -0.05) is 72.3 Å². The van der Waals surface area contributed by atoms with Crippen LogP contribution >= 0.6 is 11.6 Å². The zero-order valence-electron chi connectivity index (χ0n) is 14.5. The van der Waals surface area contributed by atoms with Crippen LogP contribution in [0.1, 0.15) is 17.2 Å². The molecule has 3 rings (SSSR count). The maximum atomic E-state index is 12.2. The lowest BCUT2D eigenvalue weighted by Gasteiger charge is -2.18. The Bertz CT molecular complexity index is 893. The van der Waals surface area contributed by atoms with E-state index in [9.17, 15) is 4.79 Å². The average molecular weight is 369 g/mol. The van der Waals surface area contributed by atoms with Crippen LogP contribution in [0.3, 0.4) is 0 Å². The van der Waals surface area contributed by atoms with Crippen molar-refractivity contribution < 1.29 is 9.53 Å². The summed E-state index contributed by atoms with van der Waals surface area (Å²) in [6, 6.07) is 21.4. The molecule has 3 aromatic carbocycles. The number of rotatable bonds is 6. The van der Waals surface area contributed by atoms with Gasteiger partial charge in [-0.3, -0.25) is 0 Å². The smallest absolute Gasteiger partial charge is 0.315 e. The van der Waals surface area contributed by atoms with Crippen LogP contribution in [-0.2, 0) is 11.3 Å². The Morgan fingerprint density at radius 1 is 1.00 bits per heavy atom. The summed E-state index contributed by atoms with van der Waals surface area (Å²) in [6.07, 6.45) is -0.299. The van der Waals surface area contributed by atoms with E-state index in [0.717, 1.165) is 21.9 Å². The lowest BCUT2D eigenvalue weighted by Crippen LogP contribution is -2.37. The van der Waals surface area contributed by atoms with E-state index in [-0.39, 0.29) is 12.1 Å². The summed E-state index contributed by atoms with van der Waals surface area (Å²) < 4.78 is 5.46. The minimum absolute atomic E-state index is 0.243. The van der Waals surface area contributed by atoms with E-state index in [4.69, 9.17) is 16.3 Å². The lowest BCUT2D eigenvalue weighted by molar-refractivity contribution is 0.104. The molecule has 134 valence electrons. The maximum Gasteiger partial charge on any atom is 0.315 e. The van der Waals surface area contributed by atoms with E-state index in [1.807, 2.05) is 48.5 Å². The number of halogens is 1. The SMILES string of the molecule is COC(CNC(=O)NCc1cccc2ccccc12)c1ccccc1Cl. The van der Waals surface area contributed by atoms with E-state index in [2.05, 4.69) is 28.8 Å². The van der Waals surface area contributed by atoms with Crippen molar-refractivity contribution in [2.24, 2.45) is 0 Å². The number of methoxy groups -OCH3 is 1. The van der Waals surface area contributed by atoms with E-state index < -0.39 is 0 Å². The van der Waals surface area contributed by atoms with E-state index in [0.29, 0.717) is 18.1 Å². The van der Waals surface area contributed by atoms with Crippen molar-refractivity contribution in [3.63, 3.8) is 0 Å². The molecule has 0 aliphatic heterocycles. The molecule has 0 aromatic heterocycles. The number of carbonyl (C=O) groups is 1. The summed E-state index contributed by atoms with van der Waals surface area (Å²) in [5.41, 5.74) is 1.93. The van der Waals surface area contributed by atoms with Crippen molar-refractivity contribution in [2.45, 2.75) is 12.6 Å². The second-order valence-electron chi connectivity index (χ2n) is 5.95. The Hall–Kier alpha value is -2.56. The fraction of sp³-hybridized carbons (Fsp3) is 0.190. The lowest BCUT2D eigenvalue weighted by atomic mass is 10.0. The molecule has 2 N–H and O–H groups in total. The number of carbonyl (C=O) groups excluding carboxylic acids is 1. The number of amides is 2. The fourth-order valence-corrected chi connectivity index (χ4v) is 3.18. The number of nitrogens with one attached hydrogen (secondary N) is 2. The summed E-state index contributed by atoms with van der Waals surface area (Å²) in [5.74, 6) is 0. The molecule has 0 bridgehead atoms. The van der Waals surface area contributed by atoms with Crippen LogP contribution in [0, 0.1) is 0 Å². The highest BCUT2D eigenvalue weighted by Gasteiger charge is 2.14. The van der Waals surface area contributed by atoms with Crippen molar-refractivity contribution in [1.82, 2.24) is 10.6 Å². The molecule has 1 unspecified atom stereocenters. The van der Waals surface area contributed by atoms with Crippen LogP contribution < -0.4 is 10.6 Å². The van der Waals surface area contributed by atoms with Crippen molar-refractivity contribution >= 4 is 28.4 Å². The Balaban J connectivity index is 1.58. The molecule has 1 atom stereocenters. The van der Waals surface area contributed by atoms with Crippen molar-refractivity contribution in [2.75, 3.05) is 13.7 Å². The molecule has 0 saturated heterocycles. The van der Waals surface area contributed by atoms with Gasteiger partial charge in [-0.25, -0.2) is 4.79 Å². The minimum atomic E-state index is -0.299. The summed E-state index contributed by atoms with van der Waals surface area (Å²) in [5, 5.41) is 8.66. The molecule has 5 heteroatoms. The van der Waals surface area contributed by atoms with Gasteiger partial charge in [0, 0.05) is 30.8 Å². The Kier molecular flexibility index (Phi) is 6.10. The van der Waals surface area contributed by atoms with Crippen LogP contribution in [0.25, 0.3) is 10.8 Å². The molecule has 0 saturated carbocycles. The van der Waals surface area contributed by atoms with E-state index in [1.165, 1.54) is 0 Å². The monoisotopic (exact) mass is 368 g/mol. The van der Waals surface area contributed by atoms with Crippen LogP contribution in [-0.4, -0.2) is 19.7 Å². The van der Waals surface area contributed by atoms with E-state index in [1.54, 1.807) is 7.11 Å². The van der Waals surface area contributed by atoms with Crippen molar-refractivity contribution in [1.29, 1.82) is 0 Å². The minimum Gasteiger partial charge on any atom is -0.375 e. The summed E-state index contributed by atoms with van der Waals surface area (Å²) in [4.78, 5) is 12.2.